The summed E-state index contributed by atoms with van der Waals surface area (Å²) in [7, 11) is 1.59. The lowest BCUT2D eigenvalue weighted by Gasteiger charge is -2.23. The minimum Gasteiger partial charge on any atom is -0.496 e. The van der Waals surface area contributed by atoms with Crippen LogP contribution in [-0.4, -0.2) is 51.6 Å². The van der Waals surface area contributed by atoms with Crippen molar-refractivity contribution in [3.63, 3.8) is 0 Å². The van der Waals surface area contributed by atoms with Crippen LogP contribution in [0.4, 0.5) is 5.95 Å². The highest BCUT2D eigenvalue weighted by Crippen LogP contribution is 2.30. The van der Waals surface area contributed by atoms with Crippen molar-refractivity contribution in [1.82, 2.24) is 20.1 Å². The van der Waals surface area contributed by atoms with Gasteiger partial charge in [0.05, 0.1) is 18.6 Å². The van der Waals surface area contributed by atoms with E-state index in [1.165, 1.54) is 0 Å². The molecule has 2 aliphatic rings. The molecule has 142 valence electrons. The summed E-state index contributed by atoms with van der Waals surface area (Å²) in [4.78, 5) is 31.1. The van der Waals surface area contributed by atoms with Gasteiger partial charge in [0.1, 0.15) is 5.75 Å². The van der Waals surface area contributed by atoms with E-state index in [1.807, 2.05) is 29.2 Å². The molecule has 2 aromatic rings. The van der Waals surface area contributed by atoms with Crippen molar-refractivity contribution in [2.24, 2.45) is 5.92 Å². The third-order valence-corrected chi connectivity index (χ3v) is 5.38. The number of carbonyl (C=O) groups is 2. The lowest BCUT2D eigenvalue weighted by molar-refractivity contribution is -0.129. The Kier molecular flexibility index (Phi) is 4.79. The minimum absolute atomic E-state index is 0.0757. The zero-order chi connectivity index (χ0) is 18.8. The summed E-state index contributed by atoms with van der Waals surface area (Å²) < 4.78 is 5.33. The van der Waals surface area contributed by atoms with Crippen LogP contribution in [-0.2, 0) is 9.59 Å². The fourth-order valence-electron chi connectivity index (χ4n) is 3.97. The van der Waals surface area contributed by atoms with Crippen LogP contribution in [0.25, 0.3) is 11.4 Å². The van der Waals surface area contributed by atoms with Crippen molar-refractivity contribution < 1.29 is 14.3 Å². The number of ether oxygens (including phenoxy) is 1. The van der Waals surface area contributed by atoms with Gasteiger partial charge in [0.2, 0.25) is 17.8 Å². The molecule has 1 aromatic heterocycles. The Morgan fingerprint density at radius 3 is 2.85 bits per heavy atom. The van der Waals surface area contributed by atoms with Crippen molar-refractivity contribution in [1.29, 1.82) is 0 Å². The second-order valence-corrected chi connectivity index (χ2v) is 7.08. The van der Waals surface area contributed by atoms with Crippen molar-refractivity contribution in [2.45, 2.75) is 38.1 Å². The van der Waals surface area contributed by atoms with E-state index in [0.29, 0.717) is 24.2 Å². The molecule has 1 aliphatic carbocycles. The summed E-state index contributed by atoms with van der Waals surface area (Å²) in [6.45, 7) is 0.485. The maximum atomic E-state index is 12.6. The molecule has 2 heterocycles. The number of nitrogens with zero attached hydrogens (tertiary/aromatic N) is 3. The van der Waals surface area contributed by atoms with Gasteiger partial charge in [0, 0.05) is 19.0 Å². The number of amides is 2. The smallest absolute Gasteiger partial charge is 0.249 e. The molecule has 1 atom stereocenters. The molecule has 8 nitrogen and oxygen atoms in total. The van der Waals surface area contributed by atoms with E-state index in [-0.39, 0.29) is 30.1 Å². The monoisotopic (exact) mass is 369 g/mol. The molecule has 1 saturated heterocycles. The summed E-state index contributed by atoms with van der Waals surface area (Å²) in [5, 5.41) is 9.63. The number of nitrogens with one attached hydrogen (secondary N) is 2. The Morgan fingerprint density at radius 2 is 2.07 bits per heavy atom. The highest BCUT2D eigenvalue weighted by atomic mass is 16.5. The first-order valence-corrected chi connectivity index (χ1v) is 9.32. The Labute approximate surface area is 157 Å². The number of rotatable bonds is 5. The minimum atomic E-state index is -0.355. The fourth-order valence-corrected chi connectivity index (χ4v) is 3.97. The van der Waals surface area contributed by atoms with Crippen LogP contribution in [0, 0.1) is 5.92 Å². The van der Waals surface area contributed by atoms with Gasteiger partial charge >= 0.3 is 0 Å². The Morgan fingerprint density at radius 1 is 1.30 bits per heavy atom. The van der Waals surface area contributed by atoms with E-state index >= 15 is 0 Å². The molecule has 27 heavy (non-hydrogen) atoms. The largest absolute Gasteiger partial charge is 0.496 e. The zero-order valence-electron chi connectivity index (χ0n) is 15.3. The van der Waals surface area contributed by atoms with Crippen LogP contribution < -0.4 is 10.1 Å². The highest BCUT2D eigenvalue weighted by Gasteiger charge is 2.38. The average molecular weight is 369 g/mol. The summed E-state index contributed by atoms with van der Waals surface area (Å²) in [5.41, 5.74) is 0.761. The normalized spacial score (nSPS) is 20.3. The third-order valence-electron chi connectivity index (χ3n) is 5.38. The Bertz CT molecular complexity index is 843. The van der Waals surface area contributed by atoms with Crippen LogP contribution in [0.15, 0.2) is 24.3 Å². The first-order chi connectivity index (χ1) is 13.2. The second-order valence-electron chi connectivity index (χ2n) is 7.08. The first kappa shape index (κ1) is 17.5. The molecule has 2 fully saturated rings. The molecule has 0 spiro atoms. The molecule has 8 heteroatoms. The van der Waals surface area contributed by atoms with Gasteiger partial charge in [0.25, 0.3) is 0 Å². The maximum absolute atomic E-state index is 12.6. The number of hydrogen-bond acceptors (Lipinski definition) is 5. The van der Waals surface area contributed by atoms with E-state index in [0.717, 1.165) is 31.2 Å². The van der Waals surface area contributed by atoms with Gasteiger partial charge in [-0.2, -0.15) is 4.98 Å². The summed E-state index contributed by atoms with van der Waals surface area (Å²) >= 11 is 0. The van der Waals surface area contributed by atoms with E-state index < -0.39 is 0 Å². The number of aromatic amines is 1. The zero-order valence-corrected chi connectivity index (χ0v) is 15.3. The average Bonchev–Trinajstić information content (AvgIpc) is 3.42. The van der Waals surface area contributed by atoms with Gasteiger partial charge in [-0.1, -0.05) is 25.0 Å². The van der Waals surface area contributed by atoms with E-state index in [2.05, 4.69) is 20.5 Å². The van der Waals surface area contributed by atoms with Gasteiger partial charge in [-0.3, -0.25) is 20.0 Å². The third kappa shape index (κ3) is 3.51. The lowest BCUT2D eigenvalue weighted by atomic mass is 10.1. The van der Waals surface area contributed by atoms with Gasteiger partial charge in [-0.25, -0.2) is 0 Å². The molecular formula is C19H23N5O3. The Hall–Kier alpha value is -2.90. The van der Waals surface area contributed by atoms with Crippen LogP contribution in [0.5, 0.6) is 5.75 Å². The molecule has 1 saturated carbocycles. The maximum Gasteiger partial charge on any atom is 0.249 e. The van der Waals surface area contributed by atoms with Crippen LogP contribution >= 0.6 is 0 Å². The SMILES string of the molecule is COc1ccccc1-c1nc(NC(=O)C2CC(=O)N(C3CCCC3)C2)n[nH]1. The standard InChI is InChI=1S/C19H23N5O3/c1-27-15-9-5-4-8-14(15)17-20-19(23-22-17)21-18(26)12-10-16(25)24(11-12)13-6-2-3-7-13/h4-5,8-9,12-13H,2-3,6-7,10-11H2,1H3,(H2,20,21,22,23,26). The number of benzene rings is 1. The molecule has 0 radical (unpaired) electrons. The molecule has 0 bridgehead atoms. The highest BCUT2D eigenvalue weighted by molar-refractivity contribution is 5.96. The van der Waals surface area contributed by atoms with E-state index in [9.17, 15) is 9.59 Å². The van der Waals surface area contributed by atoms with Crippen molar-refractivity contribution >= 4 is 17.8 Å². The van der Waals surface area contributed by atoms with E-state index in [1.54, 1.807) is 7.11 Å². The second kappa shape index (κ2) is 7.38. The summed E-state index contributed by atoms with van der Waals surface area (Å²) in [5.74, 6) is 0.887. The molecule has 1 aromatic carbocycles. The van der Waals surface area contributed by atoms with Crippen molar-refractivity contribution in [3.05, 3.63) is 24.3 Å². The predicted molar refractivity (Wildman–Crippen MR) is 99.1 cm³/mol. The summed E-state index contributed by atoms with van der Waals surface area (Å²) in [6.07, 6.45) is 4.67. The molecule has 4 rings (SSSR count). The van der Waals surface area contributed by atoms with Crippen LogP contribution in [0.2, 0.25) is 0 Å². The quantitative estimate of drug-likeness (QED) is 0.842. The van der Waals surface area contributed by atoms with Crippen molar-refractivity contribution in [2.75, 3.05) is 19.0 Å². The number of H-pyrrole nitrogens is 1. The topological polar surface area (TPSA) is 100 Å². The lowest BCUT2D eigenvalue weighted by Crippen LogP contribution is -2.35. The van der Waals surface area contributed by atoms with E-state index in [4.69, 9.17) is 4.74 Å². The van der Waals surface area contributed by atoms with Crippen LogP contribution in [0.1, 0.15) is 32.1 Å². The fraction of sp³-hybridized carbons (Fsp3) is 0.474. The molecule has 1 aliphatic heterocycles. The molecule has 2 amide bonds. The van der Waals surface area contributed by atoms with Gasteiger partial charge in [-0.15, -0.1) is 5.10 Å². The van der Waals surface area contributed by atoms with Gasteiger partial charge < -0.3 is 9.64 Å². The molecule has 1 unspecified atom stereocenters. The Balaban J connectivity index is 1.42. The van der Waals surface area contributed by atoms with Gasteiger partial charge in [-0.05, 0) is 25.0 Å². The number of hydrogen-bond donors (Lipinski definition) is 2. The van der Waals surface area contributed by atoms with Gasteiger partial charge in [0.15, 0.2) is 5.82 Å². The number of methoxy groups -OCH3 is 1. The number of anilines is 1. The number of aromatic nitrogens is 3. The predicted octanol–water partition coefficient (Wildman–Crippen LogP) is 2.21. The molecule has 2 N–H and O–H groups in total. The number of para-hydroxylation sites is 1. The number of carbonyl (C=O) groups excluding carboxylic acids is 2. The number of likely N-dealkylation sites (tertiary alicyclic amines) is 1. The first-order valence-electron chi connectivity index (χ1n) is 9.32. The van der Waals surface area contributed by atoms with Crippen molar-refractivity contribution in [3.8, 4) is 17.1 Å². The molecular weight excluding hydrogens is 346 g/mol. The van der Waals surface area contributed by atoms with Crippen LogP contribution in [0.3, 0.4) is 0 Å². The summed E-state index contributed by atoms with van der Waals surface area (Å²) in [6, 6.07) is 7.74.